The van der Waals surface area contributed by atoms with E-state index in [1.807, 2.05) is 39.0 Å². The van der Waals surface area contributed by atoms with Crippen LogP contribution >= 0.6 is 0 Å². The molecule has 37 heavy (non-hydrogen) atoms. The number of hydrogen-bond acceptors (Lipinski definition) is 8. The maximum absolute atomic E-state index is 13.0. The lowest BCUT2D eigenvalue weighted by Gasteiger charge is -2.41. The standard InChI is InChI=1S/C29H40O8/c1-16-12-18(3)29-14-21(10-11-22(29)13-23(34-5)28(33)35-24(16)19(4)31)26(37-29)25(17(2)15-30)36-27(32)20-8-6-7-9-20/h6-8,10-12,16-17,19,21-26,30-31H,9,13-15H2,1-5H3/b18-12+/t16-,17-,19-,21-,22-,23+,24+,25-,26-,29+/m1/s1. The molecule has 10 atom stereocenters. The number of methoxy groups -OCH3 is 1. The summed E-state index contributed by atoms with van der Waals surface area (Å²) in [6, 6.07) is 0. The van der Waals surface area contributed by atoms with E-state index in [0.717, 1.165) is 5.57 Å². The summed E-state index contributed by atoms with van der Waals surface area (Å²) in [6.07, 6.45) is 9.66. The van der Waals surface area contributed by atoms with E-state index in [1.165, 1.54) is 7.11 Å². The Morgan fingerprint density at radius 2 is 2.03 bits per heavy atom. The second-order valence-electron chi connectivity index (χ2n) is 11.0. The molecular weight excluding hydrogens is 476 g/mol. The SMILES string of the molecule is CO[C@H]1C[C@H]2C=C[C@@H]3C[C@]2(O[C@H]3[C@H](OC(=O)C2=CC=CC2)[C@H](C)CO)/C(C)=C/[C@@H](C)[C@@H]([C@@H](C)O)OC1=O. The molecule has 8 heteroatoms. The molecule has 0 saturated carbocycles. The number of rotatable bonds is 7. The predicted molar refractivity (Wildman–Crippen MR) is 136 cm³/mol. The Balaban J connectivity index is 1.70. The van der Waals surface area contributed by atoms with Gasteiger partial charge in [0.05, 0.1) is 11.7 Å². The molecule has 4 rings (SSSR count). The van der Waals surface area contributed by atoms with Crippen LogP contribution in [-0.4, -0.2) is 72.0 Å². The van der Waals surface area contributed by atoms with Gasteiger partial charge in [-0.25, -0.2) is 9.59 Å². The van der Waals surface area contributed by atoms with E-state index < -0.39 is 48.1 Å². The van der Waals surface area contributed by atoms with Gasteiger partial charge in [-0.2, -0.15) is 0 Å². The molecule has 0 amide bonds. The second-order valence-corrected chi connectivity index (χ2v) is 11.0. The number of fused-ring (bicyclic) bond motifs is 1. The Morgan fingerprint density at radius 3 is 2.65 bits per heavy atom. The summed E-state index contributed by atoms with van der Waals surface area (Å²) in [5.41, 5.74) is 0.811. The zero-order valence-electron chi connectivity index (χ0n) is 22.3. The first kappa shape index (κ1) is 27.8. The van der Waals surface area contributed by atoms with Crippen molar-refractivity contribution in [2.24, 2.45) is 23.7 Å². The maximum atomic E-state index is 13.0. The van der Waals surface area contributed by atoms with Crippen LogP contribution in [0.2, 0.25) is 0 Å². The molecular formula is C29H40O8. The summed E-state index contributed by atoms with van der Waals surface area (Å²) >= 11 is 0. The first-order valence-electron chi connectivity index (χ1n) is 13.2. The van der Waals surface area contributed by atoms with E-state index >= 15 is 0 Å². The minimum atomic E-state index is -0.863. The first-order chi connectivity index (χ1) is 17.6. The number of carbonyl (C=O) groups excluding carboxylic acids is 2. The fraction of sp³-hybridized carbons (Fsp3) is 0.655. The first-order valence-corrected chi connectivity index (χ1v) is 13.2. The second kappa shape index (κ2) is 11.2. The number of aliphatic hydroxyl groups excluding tert-OH is 2. The average Bonchev–Trinajstić information content (AvgIpc) is 3.51. The number of carbonyl (C=O) groups is 2. The van der Waals surface area contributed by atoms with E-state index in [0.29, 0.717) is 24.8 Å². The van der Waals surface area contributed by atoms with E-state index in [-0.39, 0.29) is 30.3 Å². The minimum Gasteiger partial charge on any atom is -0.457 e. The molecule has 0 aromatic rings. The molecule has 1 saturated heterocycles. The number of allylic oxidation sites excluding steroid dienone is 3. The molecule has 0 radical (unpaired) electrons. The van der Waals surface area contributed by atoms with Gasteiger partial charge in [0.1, 0.15) is 18.3 Å². The highest BCUT2D eigenvalue weighted by molar-refractivity contribution is 5.90. The van der Waals surface area contributed by atoms with Crippen LogP contribution in [0.1, 0.15) is 47.0 Å². The highest BCUT2D eigenvalue weighted by Gasteiger charge is 2.57. The van der Waals surface area contributed by atoms with Gasteiger partial charge in [-0.15, -0.1) is 0 Å². The van der Waals surface area contributed by atoms with Gasteiger partial charge in [0.15, 0.2) is 6.10 Å². The van der Waals surface area contributed by atoms with Gasteiger partial charge in [0, 0.05) is 43.0 Å². The highest BCUT2D eigenvalue weighted by atomic mass is 16.6. The Bertz CT molecular complexity index is 994. The maximum Gasteiger partial charge on any atom is 0.335 e. The largest absolute Gasteiger partial charge is 0.457 e. The number of esters is 2. The lowest BCUT2D eigenvalue weighted by Crippen LogP contribution is -2.47. The van der Waals surface area contributed by atoms with Crippen LogP contribution in [0, 0.1) is 23.7 Å². The Kier molecular flexibility index (Phi) is 8.43. The van der Waals surface area contributed by atoms with E-state index in [1.54, 1.807) is 13.0 Å². The molecule has 2 N–H and O–H groups in total. The summed E-state index contributed by atoms with van der Waals surface area (Å²) in [5, 5.41) is 20.4. The third-order valence-electron chi connectivity index (χ3n) is 8.39. The summed E-state index contributed by atoms with van der Waals surface area (Å²) in [4.78, 5) is 25.9. The van der Waals surface area contributed by atoms with E-state index in [4.69, 9.17) is 18.9 Å². The zero-order valence-corrected chi connectivity index (χ0v) is 22.3. The number of aliphatic hydroxyl groups is 2. The van der Waals surface area contributed by atoms with Gasteiger partial charge in [0.2, 0.25) is 0 Å². The van der Waals surface area contributed by atoms with Gasteiger partial charge < -0.3 is 29.2 Å². The van der Waals surface area contributed by atoms with Crippen molar-refractivity contribution in [3.8, 4) is 0 Å². The number of hydrogen-bond donors (Lipinski definition) is 2. The molecule has 2 aliphatic heterocycles. The molecule has 0 unspecified atom stereocenters. The molecule has 1 spiro atoms. The highest BCUT2D eigenvalue weighted by Crippen LogP contribution is 2.53. The third kappa shape index (κ3) is 5.35. The topological polar surface area (TPSA) is 112 Å². The lowest BCUT2D eigenvalue weighted by atomic mass is 9.69. The molecule has 2 aliphatic carbocycles. The number of cyclic esters (lactones) is 1. The normalized spacial score (nSPS) is 39.1. The van der Waals surface area contributed by atoms with Crippen LogP contribution in [0.15, 0.2) is 47.6 Å². The molecule has 8 nitrogen and oxygen atoms in total. The van der Waals surface area contributed by atoms with Gasteiger partial charge in [-0.05, 0) is 38.7 Å². The summed E-state index contributed by atoms with van der Waals surface area (Å²) < 4.78 is 24.2. The van der Waals surface area contributed by atoms with Crippen molar-refractivity contribution >= 4 is 11.9 Å². The van der Waals surface area contributed by atoms with Crippen molar-refractivity contribution < 1.29 is 38.7 Å². The van der Waals surface area contributed by atoms with Crippen LogP contribution in [0.25, 0.3) is 0 Å². The Labute approximate surface area is 219 Å². The van der Waals surface area contributed by atoms with Crippen molar-refractivity contribution in [1.82, 2.24) is 0 Å². The zero-order chi connectivity index (χ0) is 26.9. The van der Waals surface area contributed by atoms with Crippen LogP contribution in [-0.2, 0) is 28.5 Å². The molecule has 0 aromatic heterocycles. The van der Waals surface area contributed by atoms with Crippen molar-refractivity contribution in [3.05, 3.63) is 47.6 Å². The van der Waals surface area contributed by atoms with E-state index in [9.17, 15) is 19.8 Å². The smallest absolute Gasteiger partial charge is 0.335 e. The summed E-state index contributed by atoms with van der Waals surface area (Å²) in [5.74, 6) is -1.73. The average molecular weight is 517 g/mol. The summed E-state index contributed by atoms with van der Waals surface area (Å²) in [6.45, 7) is 7.23. The van der Waals surface area contributed by atoms with Crippen molar-refractivity contribution in [2.45, 2.75) is 83.1 Å². The predicted octanol–water partition coefficient (Wildman–Crippen LogP) is 3.04. The van der Waals surface area contributed by atoms with Crippen molar-refractivity contribution in [3.63, 3.8) is 0 Å². The quantitative estimate of drug-likeness (QED) is 0.392. The van der Waals surface area contributed by atoms with Crippen LogP contribution in [0.4, 0.5) is 0 Å². The fourth-order valence-electron chi connectivity index (χ4n) is 6.23. The van der Waals surface area contributed by atoms with Gasteiger partial charge in [0.25, 0.3) is 0 Å². The lowest BCUT2D eigenvalue weighted by molar-refractivity contribution is -0.174. The van der Waals surface area contributed by atoms with Crippen LogP contribution in [0.3, 0.4) is 0 Å². The van der Waals surface area contributed by atoms with Gasteiger partial charge in [-0.1, -0.05) is 50.3 Å². The van der Waals surface area contributed by atoms with Gasteiger partial charge in [-0.3, -0.25) is 0 Å². The molecule has 1 fully saturated rings. The fourth-order valence-corrected chi connectivity index (χ4v) is 6.23. The third-order valence-corrected chi connectivity index (χ3v) is 8.39. The minimum absolute atomic E-state index is 0.0409. The molecule has 204 valence electrons. The van der Waals surface area contributed by atoms with E-state index in [2.05, 4.69) is 12.2 Å². The van der Waals surface area contributed by atoms with Gasteiger partial charge >= 0.3 is 11.9 Å². The van der Waals surface area contributed by atoms with Crippen molar-refractivity contribution in [2.75, 3.05) is 13.7 Å². The van der Waals surface area contributed by atoms with Crippen LogP contribution < -0.4 is 0 Å². The monoisotopic (exact) mass is 516 g/mol. The molecule has 2 heterocycles. The summed E-state index contributed by atoms with van der Waals surface area (Å²) in [7, 11) is 1.48. The Morgan fingerprint density at radius 1 is 1.27 bits per heavy atom. The van der Waals surface area contributed by atoms with Crippen LogP contribution in [0.5, 0.6) is 0 Å². The number of ether oxygens (including phenoxy) is 4. The van der Waals surface area contributed by atoms with Crippen molar-refractivity contribution in [1.29, 1.82) is 0 Å². The molecule has 4 aliphatic rings. The Hall–Kier alpha value is -2.26. The molecule has 0 aromatic carbocycles. The molecule has 2 bridgehead atoms.